The van der Waals surface area contributed by atoms with E-state index in [1.54, 1.807) is 0 Å². The normalized spacial score (nSPS) is 13.0. The molecule has 0 aromatic rings. The molecule has 0 rings (SSSR count). The molecule has 0 bridgehead atoms. The van der Waals surface area contributed by atoms with E-state index in [9.17, 15) is 14.7 Å². The van der Waals surface area contributed by atoms with E-state index < -0.39 is 6.10 Å². The molecule has 0 aliphatic rings. The molecule has 0 aromatic carbocycles. The van der Waals surface area contributed by atoms with Gasteiger partial charge in [0.05, 0.1) is 6.61 Å². The lowest BCUT2D eigenvalue weighted by molar-refractivity contribution is -0.161. The maximum Gasteiger partial charge on any atom is 0.306 e. The van der Waals surface area contributed by atoms with Crippen molar-refractivity contribution in [1.29, 1.82) is 0 Å². The SMILES string of the molecule is CCCCCCCC(=O)OC[C@H](CO)OC(=O)CCCCCCCCCCCCC(C)CC. The zero-order chi connectivity index (χ0) is 24.6. The first-order valence-electron chi connectivity index (χ1n) is 14.0. The van der Waals surface area contributed by atoms with Gasteiger partial charge in [-0.3, -0.25) is 9.59 Å². The third kappa shape index (κ3) is 22.5. The molecular formula is C28H54O5. The van der Waals surface area contributed by atoms with E-state index in [-0.39, 0.29) is 25.2 Å². The Morgan fingerprint density at radius 2 is 1.18 bits per heavy atom. The van der Waals surface area contributed by atoms with Crippen molar-refractivity contribution in [2.75, 3.05) is 13.2 Å². The van der Waals surface area contributed by atoms with E-state index in [0.717, 1.165) is 44.4 Å². The predicted octanol–water partition coefficient (Wildman–Crippen LogP) is 7.52. The Labute approximate surface area is 204 Å². The number of carbonyl (C=O) groups is 2. The lowest BCUT2D eigenvalue weighted by atomic mass is 9.99. The minimum Gasteiger partial charge on any atom is -0.462 e. The molecule has 0 aromatic heterocycles. The van der Waals surface area contributed by atoms with Crippen molar-refractivity contribution in [1.82, 2.24) is 0 Å². The number of esters is 2. The van der Waals surface area contributed by atoms with Crippen LogP contribution in [-0.2, 0) is 19.1 Å². The lowest BCUT2D eigenvalue weighted by Crippen LogP contribution is -2.28. The fourth-order valence-electron chi connectivity index (χ4n) is 3.88. The minimum atomic E-state index is -0.758. The standard InChI is InChI=1S/C28H54O5/c1-4-6-7-14-18-21-27(30)32-24-26(23-29)33-28(31)22-19-16-13-11-9-8-10-12-15-17-20-25(3)5-2/h25-26,29H,4-24H2,1-3H3/t25?,26-/m0/s1. The van der Waals surface area contributed by atoms with Gasteiger partial charge in [0.2, 0.25) is 0 Å². The quantitative estimate of drug-likeness (QED) is 0.117. The summed E-state index contributed by atoms with van der Waals surface area (Å²) in [5, 5.41) is 9.39. The van der Waals surface area contributed by atoms with Gasteiger partial charge in [-0.25, -0.2) is 0 Å². The van der Waals surface area contributed by atoms with E-state index in [0.29, 0.717) is 12.8 Å². The molecule has 196 valence electrons. The molecule has 5 heteroatoms. The van der Waals surface area contributed by atoms with Crippen molar-refractivity contribution < 1.29 is 24.2 Å². The van der Waals surface area contributed by atoms with E-state index in [4.69, 9.17) is 9.47 Å². The van der Waals surface area contributed by atoms with Crippen LogP contribution in [0.5, 0.6) is 0 Å². The smallest absolute Gasteiger partial charge is 0.306 e. The van der Waals surface area contributed by atoms with Gasteiger partial charge in [0.25, 0.3) is 0 Å². The van der Waals surface area contributed by atoms with Crippen LogP contribution in [0.15, 0.2) is 0 Å². The van der Waals surface area contributed by atoms with Crippen LogP contribution in [0.25, 0.3) is 0 Å². The second kappa shape index (κ2) is 24.0. The Morgan fingerprint density at radius 1 is 0.697 bits per heavy atom. The van der Waals surface area contributed by atoms with Crippen LogP contribution in [0.4, 0.5) is 0 Å². The first-order valence-corrected chi connectivity index (χ1v) is 14.0. The summed E-state index contributed by atoms with van der Waals surface area (Å²) in [6.07, 6.45) is 20.3. The zero-order valence-electron chi connectivity index (χ0n) is 22.1. The molecule has 2 atom stereocenters. The topological polar surface area (TPSA) is 72.8 Å². The highest BCUT2D eigenvalue weighted by atomic mass is 16.6. The Bertz CT molecular complexity index is 452. The number of unbranched alkanes of at least 4 members (excludes halogenated alkanes) is 13. The molecule has 33 heavy (non-hydrogen) atoms. The Balaban J connectivity index is 3.56. The third-order valence-electron chi connectivity index (χ3n) is 6.44. The first kappa shape index (κ1) is 31.9. The van der Waals surface area contributed by atoms with Crippen LogP contribution >= 0.6 is 0 Å². The van der Waals surface area contributed by atoms with E-state index in [1.807, 2.05) is 0 Å². The van der Waals surface area contributed by atoms with Crippen LogP contribution in [-0.4, -0.2) is 36.4 Å². The lowest BCUT2D eigenvalue weighted by Gasteiger charge is -2.15. The van der Waals surface area contributed by atoms with Gasteiger partial charge in [-0.05, 0) is 18.8 Å². The van der Waals surface area contributed by atoms with Gasteiger partial charge < -0.3 is 14.6 Å². The average Bonchev–Trinajstić information content (AvgIpc) is 2.81. The average molecular weight is 471 g/mol. The summed E-state index contributed by atoms with van der Waals surface area (Å²) in [5.41, 5.74) is 0. The number of aliphatic hydroxyl groups excluding tert-OH is 1. The highest BCUT2D eigenvalue weighted by molar-refractivity contribution is 5.70. The number of ether oxygens (including phenoxy) is 2. The maximum atomic E-state index is 12.0. The summed E-state index contributed by atoms with van der Waals surface area (Å²) in [4.78, 5) is 23.7. The van der Waals surface area contributed by atoms with Crippen LogP contribution in [0, 0.1) is 5.92 Å². The van der Waals surface area contributed by atoms with Crippen molar-refractivity contribution in [3.8, 4) is 0 Å². The molecule has 0 amide bonds. The summed E-state index contributed by atoms with van der Waals surface area (Å²) >= 11 is 0. The van der Waals surface area contributed by atoms with Gasteiger partial charge in [-0.2, -0.15) is 0 Å². The predicted molar refractivity (Wildman–Crippen MR) is 136 cm³/mol. The van der Waals surface area contributed by atoms with Gasteiger partial charge in [-0.1, -0.05) is 117 Å². The summed E-state index contributed by atoms with van der Waals surface area (Å²) < 4.78 is 10.4. The maximum absolute atomic E-state index is 12.0. The molecule has 0 spiro atoms. The first-order chi connectivity index (χ1) is 16.0. The van der Waals surface area contributed by atoms with E-state index in [1.165, 1.54) is 70.6 Å². The molecule has 0 aliphatic carbocycles. The Hall–Kier alpha value is -1.10. The molecule has 5 nitrogen and oxygen atoms in total. The number of aliphatic hydroxyl groups is 1. The summed E-state index contributed by atoms with van der Waals surface area (Å²) in [6.45, 7) is 6.39. The molecule has 0 radical (unpaired) electrons. The van der Waals surface area contributed by atoms with Crippen LogP contribution in [0.2, 0.25) is 0 Å². The fourth-order valence-corrected chi connectivity index (χ4v) is 3.88. The molecular weight excluding hydrogens is 416 g/mol. The minimum absolute atomic E-state index is 0.0618. The molecule has 1 N–H and O–H groups in total. The van der Waals surface area contributed by atoms with Crippen molar-refractivity contribution in [2.24, 2.45) is 5.92 Å². The largest absolute Gasteiger partial charge is 0.462 e. The monoisotopic (exact) mass is 470 g/mol. The van der Waals surface area contributed by atoms with E-state index >= 15 is 0 Å². The second-order valence-corrected chi connectivity index (χ2v) is 9.73. The fraction of sp³-hybridized carbons (Fsp3) is 0.929. The summed E-state index contributed by atoms with van der Waals surface area (Å²) in [7, 11) is 0. The highest BCUT2D eigenvalue weighted by Crippen LogP contribution is 2.15. The third-order valence-corrected chi connectivity index (χ3v) is 6.44. The van der Waals surface area contributed by atoms with Crippen molar-refractivity contribution in [3.05, 3.63) is 0 Å². The van der Waals surface area contributed by atoms with Crippen LogP contribution < -0.4 is 0 Å². The van der Waals surface area contributed by atoms with Crippen molar-refractivity contribution >= 4 is 11.9 Å². The van der Waals surface area contributed by atoms with Crippen molar-refractivity contribution in [2.45, 2.75) is 149 Å². The number of rotatable bonds is 24. The van der Waals surface area contributed by atoms with Gasteiger partial charge in [0.1, 0.15) is 6.61 Å². The molecule has 0 saturated heterocycles. The summed E-state index contributed by atoms with van der Waals surface area (Å²) in [6, 6.07) is 0. The van der Waals surface area contributed by atoms with Gasteiger partial charge in [-0.15, -0.1) is 0 Å². The van der Waals surface area contributed by atoms with Gasteiger partial charge >= 0.3 is 11.9 Å². The zero-order valence-corrected chi connectivity index (χ0v) is 22.1. The van der Waals surface area contributed by atoms with Crippen LogP contribution in [0.1, 0.15) is 143 Å². The molecule has 1 unspecified atom stereocenters. The van der Waals surface area contributed by atoms with Gasteiger partial charge in [0, 0.05) is 12.8 Å². The molecule has 0 saturated carbocycles. The molecule has 0 aliphatic heterocycles. The molecule has 0 fully saturated rings. The number of carbonyl (C=O) groups excluding carboxylic acids is 2. The van der Waals surface area contributed by atoms with Crippen molar-refractivity contribution in [3.63, 3.8) is 0 Å². The Morgan fingerprint density at radius 3 is 1.70 bits per heavy atom. The Kier molecular flexibility index (Phi) is 23.2. The number of hydrogen-bond donors (Lipinski definition) is 1. The van der Waals surface area contributed by atoms with Crippen LogP contribution in [0.3, 0.4) is 0 Å². The summed E-state index contributed by atoms with van der Waals surface area (Å²) in [5.74, 6) is 0.276. The molecule has 0 heterocycles. The van der Waals surface area contributed by atoms with E-state index in [2.05, 4.69) is 20.8 Å². The number of hydrogen-bond acceptors (Lipinski definition) is 5. The highest BCUT2D eigenvalue weighted by Gasteiger charge is 2.16. The van der Waals surface area contributed by atoms with Gasteiger partial charge in [0.15, 0.2) is 6.10 Å². The second-order valence-electron chi connectivity index (χ2n) is 9.73.